The van der Waals surface area contributed by atoms with Crippen molar-refractivity contribution in [2.75, 3.05) is 12.9 Å². The summed E-state index contributed by atoms with van der Waals surface area (Å²) in [6, 6.07) is 7.56. The number of carboxylic acids is 1. The number of benzene rings is 1. The molecule has 8 heteroatoms. The van der Waals surface area contributed by atoms with Crippen LogP contribution in [0.3, 0.4) is 0 Å². The first-order valence-corrected chi connectivity index (χ1v) is 9.24. The number of aliphatic carboxylic acids is 1. The van der Waals surface area contributed by atoms with Gasteiger partial charge in [-0.2, -0.15) is 0 Å². The second-order valence-corrected chi connectivity index (χ2v) is 7.96. The Bertz CT molecular complexity index is 697. The number of carbonyl (C=O) groups excluding carboxylic acids is 1. The van der Waals surface area contributed by atoms with Gasteiger partial charge >= 0.3 is 11.9 Å². The third-order valence-corrected chi connectivity index (χ3v) is 5.74. The summed E-state index contributed by atoms with van der Waals surface area (Å²) in [6.07, 6.45) is 1.30. The zero-order chi connectivity index (χ0) is 17.8. The largest absolute Gasteiger partial charge is 0.480 e. The smallest absolute Gasteiger partial charge is 0.322 e. The molecule has 0 radical (unpaired) electrons. The molecule has 132 valence electrons. The topological polar surface area (TPSA) is 110 Å². The van der Waals surface area contributed by atoms with Crippen molar-refractivity contribution in [2.45, 2.75) is 31.7 Å². The number of methoxy groups -OCH3 is 1. The average Bonchev–Trinajstić information content (AvgIpc) is 3.25. The molecule has 0 spiro atoms. The summed E-state index contributed by atoms with van der Waals surface area (Å²) >= 11 is 0. The molecule has 0 aromatic heterocycles. The van der Waals surface area contributed by atoms with Crippen LogP contribution in [0.5, 0.6) is 0 Å². The van der Waals surface area contributed by atoms with Gasteiger partial charge in [0.25, 0.3) is 0 Å². The molecule has 1 atom stereocenters. The minimum Gasteiger partial charge on any atom is -0.480 e. The van der Waals surface area contributed by atoms with Gasteiger partial charge in [-0.05, 0) is 30.2 Å². The lowest BCUT2D eigenvalue weighted by atomic mass is 10.1. The van der Waals surface area contributed by atoms with E-state index in [2.05, 4.69) is 9.46 Å². The van der Waals surface area contributed by atoms with Crippen molar-refractivity contribution in [3.05, 3.63) is 35.9 Å². The van der Waals surface area contributed by atoms with Gasteiger partial charge in [0.1, 0.15) is 6.04 Å². The van der Waals surface area contributed by atoms with Crippen LogP contribution >= 0.6 is 0 Å². The van der Waals surface area contributed by atoms with Gasteiger partial charge in [-0.1, -0.05) is 30.3 Å². The third kappa shape index (κ3) is 5.31. The molecule has 7 nitrogen and oxygen atoms in total. The van der Waals surface area contributed by atoms with Crippen molar-refractivity contribution in [1.29, 1.82) is 0 Å². The highest BCUT2D eigenvalue weighted by atomic mass is 32.2. The quantitative estimate of drug-likeness (QED) is 0.638. The number of nitrogens with one attached hydrogen (secondary N) is 1. The predicted octanol–water partition coefficient (Wildman–Crippen LogP) is 0.945. The second-order valence-electron chi connectivity index (χ2n) is 6.21. The number of carboxylic acid groups (broad SMARTS) is 1. The maximum absolute atomic E-state index is 12.3. The molecule has 0 heterocycles. The van der Waals surface area contributed by atoms with Gasteiger partial charge in [-0.15, -0.1) is 0 Å². The van der Waals surface area contributed by atoms with Crippen LogP contribution < -0.4 is 4.72 Å². The van der Waals surface area contributed by atoms with Crippen LogP contribution in [0.4, 0.5) is 0 Å². The van der Waals surface area contributed by atoms with Gasteiger partial charge in [0.05, 0.1) is 19.3 Å². The number of esters is 1. The van der Waals surface area contributed by atoms with Gasteiger partial charge < -0.3 is 9.84 Å². The monoisotopic (exact) mass is 355 g/mol. The summed E-state index contributed by atoms with van der Waals surface area (Å²) in [7, 11) is -2.58. The van der Waals surface area contributed by atoms with Crippen molar-refractivity contribution in [2.24, 2.45) is 5.41 Å². The molecule has 1 aliphatic carbocycles. The van der Waals surface area contributed by atoms with Crippen molar-refractivity contribution in [3.8, 4) is 0 Å². The second kappa shape index (κ2) is 7.31. The Hall–Kier alpha value is -1.93. The lowest BCUT2D eigenvalue weighted by molar-refractivity contribution is -0.142. The molecule has 1 aromatic carbocycles. The fourth-order valence-corrected chi connectivity index (χ4v) is 4.52. The predicted molar refractivity (Wildman–Crippen MR) is 86.8 cm³/mol. The zero-order valence-corrected chi connectivity index (χ0v) is 14.2. The molecular weight excluding hydrogens is 334 g/mol. The van der Waals surface area contributed by atoms with Crippen molar-refractivity contribution in [1.82, 2.24) is 4.72 Å². The molecule has 1 saturated carbocycles. The molecule has 0 saturated heterocycles. The molecule has 1 aliphatic rings. The van der Waals surface area contributed by atoms with Crippen molar-refractivity contribution < 1.29 is 27.9 Å². The first-order valence-electron chi connectivity index (χ1n) is 7.59. The molecule has 1 fully saturated rings. The molecule has 2 N–H and O–H groups in total. The summed E-state index contributed by atoms with van der Waals surface area (Å²) in [4.78, 5) is 22.8. The first-order chi connectivity index (χ1) is 11.3. The number of hydrogen-bond acceptors (Lipinski definition) is 5. The normalized spacial score (nSPS) is 17.0. The highest BCUT2D eigenvalue weighted by Crippen LogP contribution is 2.49. The number of hydrogen-bond donors (Lipinski definition) is 2. The molecule has 0 aliphatic heterocycles. The maximum atomic E-state index is 12.3. The Kier molecular flexibility index (Phi) is 5.61. The van der Waals surface area contributed by atoms with E-state index in [0.717, 1.165) is 5.56 Å². The Labute approximate surface area is 141 Å². The third-order valence-electron chi connectivity index (χ3n) is 4.10. The number of ether oxygens (including phenoxy) is 1. The Balaban J connectivity index is 2.02. The number of rotatable bonds is 9. The summed E-state index contributed by atoms with van der Waals surface area (Å²) < 4.78 is 31.5. The van der Waals surface area contributed by atoms with E-state index >= 15 is 0 Å². The minimum atomic E-state index is -3.83. The fraction of sp³-hybridized carbons (Fsp3) is 0.500. The average molecular weight is 355 g/mol. The van der Waals surface area contributed by atoms with E-state index in [0.29, 0.717) is 12.8 Å². The van der Waals surface area contributed by atoms with Crippen LogP contribution in [0.15, 0.2) is 30.3 Å². The van der Waals surface area contributed by atoms with Crippen LogP contribution in [0, 0.1) is 5.41 Å². The highest BCUT2D eigenvalue weighted by molar-refractivity contribution is 7.89. The number of sulfonamides is 1. The van der Waals surface area contributed by atoms with E-state index in [1.807, 2.05) is 0 Å². The molecule has 2 rings (SSSR count). The van der Waals surface area contributed by atoms with E-state index in [1.165, 1.54) is 7.11 Å². The molecule has 0 amide bonds. The standard InChI is InChI=1S/C16H21NO6S/c1-23-14(18)10-16(7-8-16)11-24(21,22)17-13(15(19)20)9-12-5-3-2-4-6-12/h2-6,13,17H,7-11H2,1H3,(H,19,20)/t13-/m1/s1. The summed E-state index contributed by atoms with van der Waals surface area (Å²) in [6.45, 7) is 0. The van der Waals surface area contributed by atoms with Crippen LogP contribution in [0.2, 0.25) is 0 Å². The highest BCUT2D eigenvalue weighted by Gasteiger charge is 2.48. The molecule has 24 heavy (non-hydrogen) atoms. The van der Waals surface area contributed by atoms with Crippen LogP contribution in [-0.4, -0.2) is 44.4 Å². The van der Waals surface area contributed by atoms with Crippen LogP contribution in [-0.2, 0) is 30.8 Å². The maximum Gasteiger partial charge on any atom is 0.322 e. The molecule has 1 aromatic rings. The summed E-state index contributed by atoms with van der Waals surface area (Å²) in [5.74, 6) is -1.96. The van der Waals surface area contributed by atoms with Crippen LogP contribution in [0.25, 0.3) is 0 Å². The Morgan fingerprint density at radius 2 is 1.92 bits per heavy atom. The van der Waals surface area contributed by atoms with Gasteiger partial charge in [0, 0.05) is 0 Å². The van der Waals surface area contributed by atoms with Gasteiger partial charge in [0.15, 0.2) is 0 Å². The Morgan fingerprint density at radius 1 is 1.29 bits per heavy atom. The minimum absolute atomic E-state index is 0.0286. The SMILES string of the molecule is COC(=O)CC1(CS(=O)(=O)N[C@H](Cc2ccccc2)C(=O)O)CC1. The van der Waals surface area contributed by atoms with Crippen LogP contribution in [0.1, 0.15) is 24.8 Å². The lowest BCUT2D eigenvalue weighted by Gasteiger charge is -2.18. The van der Waals surface area contributed by atoms with E-state index in [9.17, 15) is 23.1 Å². The molecule has 0 unspecified atom stereocenters. The molecular formula is C16H21NO6S. The molecule has 0 bridgehead atoms. The Morgan fingerprint density at radius 3 is 2.42 bits per heavy atom. The van der Waals surface area contributed by atoms with Gasteiger partial charge in [-0.25, -0.2) is 13.1 Å². The lowest BCUT2D eigenvalue weighted by Crippen LogP contribution is -2.44. The summed E-state index contributed by atoms with van der Waals surface area (Å²) in [5, 5.41) is 9.29. The fourth-order valence-electron chi connectivity index (χ4n) is 2.62. The van der Waals surface area contributed by atoms with E-state index in [4.69, 9.17) is 0 Å². The van der Waals surface area contributed by atoms with E-state index in [1.54, 1.807) is 30.3 Å². The van der Waals surface area contributed by atoms with E-state index in [-0.39, 0.29) is 18.6 Å². The zero-order valence-electron chi connectivity index (χ0n) is 13.4. The van der Waals surface area contributed by atoms with E-state index < -0.39 is 33.4 Å². The first kappa shape index (κ1) is 18.4. The number of carbonyl (C=O) groups is 2. The van der Waals surface area contributed by atoms with Crippen molar-refractivity contribution >= 4 is 22.0 Å². The summed E-state index contributed by atoms with van der Waals surface area (Å²) in [5.41, 5.74) is 0.0950. The van der Waals surface area contributed by atoms with Crippen molar-refractivity contribution in [3.63, 3.8) is 0 Å². The van der Waals surface area contributed by atoms with Gasteiger partial charge in [-0.3, -0.25) is 9.59 Å². The van der Waals surface area contributed by atoms with Gasteiger partial charge in [0.2, 0.25) is 10.0 Å².